The van der Waals surface area contributed by atoms with Crippen molar-refractivity contribution in [3.8, 4) is 95.0 Å². The minimum absolute atomic E-state index is 0.899. The molecule has 0 aliphatic carbocycles. The predicted molar refractivity (Wildman–Crippen MR) is 309 cm³/mol. The number of nitrogens with zero attached hydrogens (tertiary/aromatic N) is 2. The molecule has 0 aliphatic rings. The molecule has 14 rings (SSSR count). The first kappa shape index (κ1) is 43.0. The van der Waals surface area contributed by atoms with E-state index in [1.54, 1.807) is 0 Å². The maximum absolute atomic E-state index is 6.21. The fourth-order valence-corrected chi connectivity index (χ4v) is 11.0. The van der Waals surface area contributed by atoms with Gasteiger partial charge < -0.3 is 8.98 Å². The summed E-state index contributed by atoms with van der Waals surface area (Å²) in [6.07, 6.45) is 0. The molecule has 0 atom stereocenters. The van der Waals surface area contributed by atoms with Gasteiger partial charge in [0.15, 0.2) is 0 Å². The van der Waals surface area contributed by atoms with Crippen LogP contribution in [0.25, 0.3) is 139 Å². The molecule has 0 spiro atoms. The lowest BCUT2D eigenvalue weighted by atomic mass is 9.89. The largest absolute Gasteiger partial charge is 0.456 e. The van der Waals surface area contributed by atoms with E-state index in [1.165, 1.54) is 60.8 Å². The minimum Gasteiger partial charge on any atom is -0.456 e. The summed E-state index contributed by atoms with van der Waals surface area (Å²) in [5.74, 6) is 0. The Labute approximate surface area is 429 Å². The number of pyridine rings is 1. The number of rotatable bonds is 9. The third-order valence-electron chi connectivity index (χ3n) is 14.7. The van der Waals surface area contributed by atoms with E-state index in [4.69, 9.17) is 9.40 Å². The number of benzene rings is 11. The second kappa shape index (κ2) is 18.1. The summed E-state index contributed by atoms with van der Waals surface area (Å²) in [5, 5.41) is 4.67. The highest BCUT2D eigenvalue weighted by atomic mass is 16.3. The van der Waals surface area contributed by atoms with Crippen molar-refractivity contribution >= 4 is 43.7 Å². The van der Waals surface area contributed by atoms with Gasteiger partial charge in [-0.15, -0.1) is 0 Å². The maximum atomic E-state index is 6.21. The Bertz CT molecular complexity index is 4270. The van der Waals surface area contributed by atoms with Gasteiger partial charge in [0.1, 0.15) is 11.2 Å². The molecule has 14 aromatic rings. The van der Waals surface area contributed by atoms with Gasteiger partial charge in [-0.25, -0.2) is 4.98 Å². The smallest absolute Gasteiger partial charge is 0.135 e. The summed E-state index contributed by atoms with van der Waals surface area (Å²) in [4.78, 5) is 5.36. The summed E-state index contributed by atoms with van der Waals surface area (Å²) < 4.78 is 8.61. The Morgan fingerprint density at radius 2 is 0.649 bits per heavy atom. The third-order valence-corrected chi connectivity index (χ3v) is 14.7. The first-order chi connectivity index (χ1) is 36.7. The topological polar surface area (TPSA) is 31.0 Å². The molecule has 0 fully saturated rings. The number of hydrogen-bond acceptors (Lipinski definition) is 2. The maximum Gasteiger partial charge on any atom is 0.135 e. The zero-order valence-corrected chi connectivity index (χ0v) is 40.4. The van der Waals surface area contributed by atoms with Gasteiger partial charge in [0.25, 0.3) is 0 Å². The van der Waals surface area contributed by atoms with Crippen molar-refractivity contribution in [3.63, 3.8) is 0 Å². The highest BCUT2D eigenvalue weighted by Gasteiger charge is 2.18. The fourth-order valence-electron chi connectivity index (χ4n) is 11.0. The van der Waals surface area contributed by atoms with Gasteiger partial charge in [-0.2, -0.15) is 0 Å². The normalized spacial score (nSPS) is 11.5. The molecule has 0 unspecified atom stereocenters. The number of hydrogen-bond donors (Lipinski definition) is 0. The molecular formula is C71H46N2O. The Hall–Kier alpha value is -9.83. The highest BCUT2D eigenvalue weighted by molar-refractivity contribution is 6.11. The van der Waals surface area contributed by atoms with E-state index in [0.717, 1.165) is 77.9 Å². The summed E-state index contributed by atoms with van der Waals surface area (Å²) in [6, 6.07) is 100. The zero-order chi connectivity index (χ0) is 49.0. The van der Waals surface area contributed by atoms with E-state index in [1.807, 2.05) is 12.1 Å². The molecular weight excluding hydrogens is 897 g/mol. The molecule has 3 aromatic heterocycles. The predicted octanol–water partition coefficient (Wildman–Crippen LogP) is 19.4. The Morgan fingerprint density at radius 1 is 0.243 bits per heavy atom. The Morgan fingerprint density at radius 3 is 1.26 bits per heavy atom. The average molecular weight is 943 g/mol. The molecule has 0 aliphatic heterocycles. The van der Waals surface area contributed by atoms with Crippen LogP contribution in [0.5, 0.6) is 0 Å². The van der Waals surface area contributed by atoms with Crippen molar-refractivity contribution in [2.75, 3.05) is 0 Å². The first-order valence-electron chi connectivity index (χ1n) is 25.3. The molecule has 3 heteroatoms. The van der Waals surface area contributed by atoms with Crippen LogP contribution in [0.15, 0.2) is 283 Å². The minimum atomic E-state index is 0.899. The number of fused-ring (bicyclic) bond motifs is 6. The number of furan rings is 1. The van der Waals surface area contributed by atoms with Gasteiger partial charge in [0, 0.05) is 38.4 Å². The SMILES string of the molecule is c1ccc(-c2ccc(-c3cc(-c4ccc(-c5ccccc5)cc4)nc(-c4ccc(-n5c6ccccc6c6cc(-c7ccccc7-c7ccccc7-c7ccc8oc9ccccc9c8c7)ccc65)cc4)c3)cc2)cc1. The van der Waals surface area contributed by atoms with E-state index in [9.17, 15) is 0 Å². The van der Waals surface area contributed by atoms with Crippen LogP contribution >= 0.6 is 0 Å². The average Bonchev–Trinajstić information content (AvgIpc) is 4.03. The highest BCUT2D eigenvalue weighted by Crippen LogP contribution is 2.43. The van der Waals surface area contributed by atoms with Crippen LogP contribution in [0.1, 0.15) is 0 Å². The second-order valence-corrected chi connectivity index (χ2v) is 19.0. The van der Waals surface area contributed by atoms with Crippen molar-refractivity contribution in [1.82, 2.24) is 9.55 Å². The van der Waals surface area contributed by atoms with E-state index in [0.29, 0.717) is 0 Å². The van der Waals surface area contributed by atoms with Crippen LogP contribution in [0.2, 0.25) is 0 Å². The summed E-state index contributed by atoms with van der Waals surface area (Å²) in [7, 11) is 0. The lowest BCUT2D eigenvalue weighted by Gasteiger charge is -2.15. The fraction of sp³-hybridized carbons (Fsp3) is 0. The van der Waals surface area contributed by atoms with Crippen LogP contribution in [0, 0.1) is 0 Å². The van der Waals surface area contributed by atoms with Crippen LogP contribution < -0.4 is 0 Å². The summed E-state index contributed by atoms with van der Waals surface area (Å²) in [5.41, 5.74) is 23.3. The lowest BCUT2D eigenvalue weighted by molar-refractivity contribution is 0.669. The Kier molecular flexibility index (Phi) is 10.5. The molecule has 3 heterocycles. The van der Waals surface area contributed by atoms with E-state index in [-0.39, 0.29) is 0 Å². The zero-order valence-electron chi connectivity index (χ0n) is 40.4. The summed E-state index contributed by atoms with van der Waals surface area (Å²) >= 11 is 0. The van der Waals surface area contributed by atoms with Gasteiger partial charge in [0.05, 0.1) is 22.4 Å². The van der Waals surface area contributed by atoms with Crippen LogP contribution in [-0.2, 0) is 0 Å². The van der Waals surface area contributed by atoms with Crippen molar-refractivity contribution in [2.24, 2.45) is 0 Å². The van der Waals surface area contributed by atoms with Crippen LogP contribution in [0.3, 0.4) is 0 Å². The van der Waals surface area contributed by atoms with Crippen molar-refractivity contribution in [3.05, 3.63) is 279 Å². The van der Waals surface area contributed by atoms with Crippen molar-refractivity contribution in [1.29, 1.82) is 0 Å². The molecule has 74 heavy (non-hydrogen) atoms. The molecule has 0 bridgehead atoms. The van der Waals surface area contributed by atoms with Crippen LogP contribution in [-0.4, -0.2) is 9.55 Å². The number of aromatic nitrogens is 2. The molecule has 0 saturated carbocycles. The third kappa shape index (κ3) is 7.67. The molecule has 0 N–H and O–H groups in total. The monoisotopic (exact) mass is 942 g/mol. The molecule has 346 valence electrons. The van der Waals surface area contributed by atoms with Crippen LogP contribution in [0.4, 0.5) is 0 Å². The molecule has 0 radical (unpaired) electrons. The molecule has 3 nitrogen and oxygen atoms in total. The first-order valence-corrected chi connectivity index (χ1v) is 25.3. The van der Waals surface area contributed by atoms with Gasteiger partial charge in [0.2, 0.25) is 0 Å². The van der Waals surface area contributed by atoms with Gasteiger partial charge in [-0.1, -0.05) is 218 Å². The van der Waals surface area contributed by atoms with E-state index >= 15 is 0 Å². The van der Waals surface area contributed by atoms with Crippen molar-refractivity contribution in [2.45, 2.75) is 0 Å². The standard InChI is InChI=1S/C71H46N2O/c1-3-15-47(16-4-1)49-27-29-51(30-28-49)56-45-66(52-33-31-50(32-34-52)48-17-5-2-6-18-48)72-67(46-56)53-35-39-57(40-36-53)73-68-25-13-11-23-62(68)64-43-54(37-41-69(64)73)58-19-7-9-21-60(58)61-22-10-8-20-59(61)55-38-42-71-65(44-55)63-24-12-14-26-70(63)74-71/h1-46H. The molecule has 0 saturated heterocycles. The summed E-state index contributed by atoms with van der Waals surface area (Å²) in [6.45, 7) is 0. The molecule has 0 amide bonds. The van der Waals surface area contributed by atoms with Gasteiger partial charge in [-0.05, 0) is 127 Å². The number of para-hydroxylation sites is 2. The van der Waals surface area contributed by atoms with Crippen molar-refractivity contribution < 1.29 is 4.42 Å². The van der Waals surface area contributed by atoms with E-state index in [2.05, 4.69) is 271 Å². The van der Waals surface area contributed by atoms with Gasteiger partial charge >= 0.3 is 0 Å². The second-order valence-electron chi connectivity index (χ2n) is 19.0. The van der Waals surface area contributed by atoms with E-state index < -0.39 is 0 Å². The quantitative estimate of drug-likeness (QED) is 0.144. The molecule has 11 aromatic carbocycles. The van der Waals surface area contributed by atoms with Gasteiger partial charge in [-0.3, -0.25) is 0 Å². The lowest BCUT2D eigenvalue weighted by Crippen LogP contribution is -1.95. The Balaban J connectivity index is 0.833.